The Balaban J connectivity index is 2.82. The summed E-state index contributed by atoms with van der Waals surface area (Å²) in [7, 11) is 0. The minimum absolute atomic E-state index is 0.717. The lowest BCUT2D eigenvalue weighted by atomic mass is 10.3. The van der Waals surface area contributed by atoms with Crippen LogP contribution in [-0.4, -0.2) is 4.98 Å². The van der Waals surface area contributed by atoms with Crippen LogP contribution in [-0.2, 0) is 0 Å². The second-order valence-corrected chi connectivity index (χ2v) is 4.03. The highest BCUT2D eigenvalue weighted by atomic mass is 79.9. The van der Waals surface area contributed by atoms with Crippen molar-refractivity contribution in [3.8, 4) is 0 Å². The number of nitrogen functional groups attached to an aromatic ring is 1. The largest absolute Gasteiger partial charge is 0.308 e. The molecule has 0 aromatic carbocycles. The van der Waals surface area contributed by atoms with Gasteiger partial charge in [-0.15, -0.1) is 11.3 Å². The minimum atomic E-state index is 0.717. The minimum Gasteiger partial charge on any atom is -0.308 e. The summed E-state index contributed by atoms with van der Waals surface area (Å²) in [5.41, 5.74) is 2.56. The highest BCUT2D eigenvalue weighted by Crippen LogP contribution is 2.31. The molecule has 0 bridgehead atoms. The molecule has 0 unspecified atom stereocenters. The van der Waals surface area contributed by atoms with Gasteiger partial charge in [-0.1, -0.05) is 0 Å². The van der Waals surface area contributed by atoms with Crippen molar-refractivity contribution in [2.45, 2.75) is 0 Å². The Kier molecular flexibility index (Phi) is 2.00. The van der Waals surface area contributed by atoms with Crippen molar-refractivity contribution in [2.24, 2.45) is 5.84 Å². The molecule has 0 saturated carbocycles. The van der Waals surface area contributed by atoms with E-state index in [0.717, 1.165) is 20.4 Å². The Hall–Kier alpha value is -0.650. The van der Waals surface area contributed by atoms with Gasteiger partial charge in [0.2, 0.25) is 0 Å². The van der Waals surface area contributed by atoms with Gasteiger partial charge < -0.3 is 5.43 Å². The number of hydrogen-bond acceptors (Lipinski definition) is 4. The van der Waals surface area contributed by atoms with E-state index in [4.69, 9.17) is 5.84 Å². The summed E-state index contributed by atoms with van der Waals surface area (Å²) in [5, 5.41) is 3.06. The van der Waals surface area contributed by atoms with Crippen LogP contribution in [0.4, 0.5) is 5.82 Å². The van der Waals surface area contributed by atoms with Crippen LogP contribution < -0.4 is 11.3 Å². The lowest BCUT2D eigenvalue weighted by Gasteiger charge is -2.00. The van der Waals surface area contributed by atoms with Crippen LogP contribution in [0.25, 0.3) is 10.1 Å². The normalized spacial score (nSPS) is 10.5. The van der Waals surface area contributed by atoms with Crippen LogP contribution in [0.15, 0.2) is 22.1 Å². The van der Waals surface area contributed by atoms with E-state index < -0.39 is 0 Å². The van der Waals surface area contributed by atoms with Crippen molar-refractivity contribution >= 4 is 43.2 Å². The number of thiophene rings is 1. The number of pyridine rings is 1. The van der Waals surface area contributed by atoms with Gasteiger partial charge in [0.1, 0.15) is 5.82 Å². The van der Waals surface area contributed by atoms with Crippen LogP contribution in [0.5, 0.6) is 0 Å². The van der Waals surface area contributed by atoms with Gasteiger partial charge >= 0.3 is 0 Å². The Bertz CT molecular complexity index is 412. The summed E-state index contributed by atoms with van der Waals surface area (Å²) in [6.45, 7) is 0. The summed E-state index contributed by atoms with van der Waals surface area (Å²) in [6, 6.07) is 1.99. The maximum absolute atomic E-state index is 5.30. The smallest absolute Gasteiger partial charge is 0.148 e. The van der Waals surface area contributed by atoms with Crippen molar-refractivity contribution in [2.75, 3.05) is 5.43 Å². The molecule has 5 heteroatoms. The third-order valence-electron chi connectivity index (χ3n) is 1.58. The first-order valence-corrected chi connectivity index (χ1v) is 4.98. The predicted molar refractivity (Wildman–Crippen MR) is 55.1 cm³/mol. The van der Waals surface area contributed by atoms with E-state index in [1.807, 2.05) is 11.4 Å². The molecule has 0 spiro atoms. The van der Waals surface area contributed by atoms with E-state index in [9.17, 15) is 0 Å². The predicted octanol–water partition coefficient (Wildman–Crippen LogP) is 2.34. The van der Waals surface area contributed by atoms with E-state index in [0.29, 0.717) is 0 Å². The SMILES string of the molecule is NNc1ncc(Br)c2sccc12. The highest BCUT2D eigenvalue weighted by molar-refractivity contribution is 9.10. The number of hydrazine groups is 1. The Morgan fingerprint density at radius 1 is 1.58 bits per heavy atom. The van der Waals surface area contributed by atoms with Crippen molar-refractivity contribution in [1.82, 2.24) is 4.98 Å². The molecule has 0 radical (unpaired) electrons. The fourth-order valence-electron chi connectivity index (χ4n) is 1.05. The summed E-state index contributed by atoms with van der Waals surface area (Å²) >= 11 is 5.08. The van der Waals surface area contributed by atoms with Crippen molar-refractivity contribution in [1.29, 1.82) is 0 Å². The molecular formula is C7H6BrN3S. The standard InChI is InChI=1S/C7H6BrN3S/c8-5-3-10-7(11-9)4-1-2-12-6(4)5/h1-3H,9H2,(H,10,11). The quantitative estimate of drug-likeness (QED) is 0.598. The molecule has 12 heavy (non-hydrogen) atoms. The van der Waals surface area contributed by atoms with Crippen LogP contribution in [0.3, 0.4) is 0 Å². The molecule has 3 N–H and O–H groups in total. The maximum atomic E-state index is 5.30. The summed E-state index contributed by atoms with van der Waals surface area (Å²) < 4.78 is 2.17. The molecule has 0 amide bonds. The fraction of sp³-hybridized carbons (Fsp3) is 0. The number of nitrogens with one attached hydrogen (secondary N) is 1. The molecule has 0 saturated heterocycles. The van der Waals surface area contributed by atoms with Gasteiger partial charge in [0, 0.05) is 11.6 Å². The van der Waals surface area contributed by atoms with Gasteiger partial charge in [0.05, 0.1) is 9.17 Å². The average Bonchev–Trinajstić information content (AvgIpc) is 2.54. The summed E-state index contributed by atoms with van der Waals surface area (Å²) in [5.74, 6) is 6.02. The van der Waals surface area contributed by atoms with E-state index in [-0.39, 0.29) is 0 Å². The number of nitrogens with two attached hydrogens (primary N) is 1. The van der Waals surface area contributed by atoms with Gasteiger partial charge in [-0.2, -0.15) is 0 Å². The number of anilines is 1. The van der Waals surface area contributed by atoms with Gasteiger partial charge in [0.25, 0.3) is 0 Å². The first-order valence-electron chi connectivity index (χ1n) is 3.31. The van der Waals surface area contributed by atoms with E-state index in [2.05, 4.69) is 26.3 Å². The molecular weight excluding hydrogens is 238 g/mol. The fourth-order valence-corrected chi connectivity index (χ4v) is 2.44. The number of hydrogen-bond donors (Lipinski definition) is 2. The number of halogens is 1. The molecule has 0 aliphatic rings. The lowest BCUT2D eigenvalue weighted by molar-refractivity contribution is 1.25. The molecule has 2 heterocycles. The Morgan fingerprint density at radius 3 is 3.17 bits per heavy atom. The zero-order valence-electron chi connectivity index (χ0n) is 6.04. The van der Waals surface area contributed by atoms with Crippen LogP contribution in [0, 0.1) is 0 Å². The third kappa shape index (κ3) is 1.10. The maximum Gasteiger partial charge on any atom is 0.148 e. The third-order valence-corrected chi connectivity index (χ3v) is 3.39. The first kappa shape index (κ1) is 7.97. The number of nitrogens with zero attached hydrogens (tertiary/aromatic N) is 1. The van der Waals surface area contributed by atoms with Gasteiger partial charge in [0.15, 0.2) is 0 Å². The lowest BCUT2D eigenvalue weighted by Crippen LogP contribution is -2.08. The Labute approximate surface area is 81.7 Å². The molecule has 0 aliphatic heterocycles. The molecule has 2 aromatic heterocycles. The highest BCUT2D eigenvalue weighted by Gasteiger charge is 2.04. The van der Waals surface area contributed by atoms with Crippen LogP contribution in [0.2, 0.25) is 0 Å². The first-order chi connectivity index (χ1) is 5.83. The second kappa shape index (κ2) is 3.01. The van der Waals surface area contributed by atoms with E-state index >= 15 is 0 Å². The van der Waals surface area contributed by atoms with Crippen molar-refractivity contribution in [3.05, 3.63) is 22.1 Å². The van der Waals surface area contributed by atoms with Gasteiger partial charge in [-0.3, -0.25) is 0 Å². The van der Waals surface area contributed by atoms with Gasteiger partial charge in [-0.05, 0) is 27.4 Å². The van der Waals surface area contributed by atoms with Gasteiger partial charge in [-0.25, -0.2) is 10.8 Å². The second-order valence-electron chi connectivity index (χ2n) is 2.26. The zero-order chi connectivity index (χ0) is 8.55. The summed E-state index contributed by atoms with van der Waals surface area (Å²) in [4.78, 5) is 4.12. The molecule has 0 fully saturated rings. The van der Waals surface area contributed by atoms with Crippen molar-refractivity contribution < 1.29 is 0 Å². The summed E-state index contributed by atoms with van der Waals surface area (Å²) in [6.07, 6.45) is 1.74. The van der Waals surface area contributed by atoms with E-state index in [1.54, 1.807) is 17.5 Å². The average molecular weight is 244 g/mol. The Morgan fingerprint density at radius 2 is 2.42 bits per heavy atom. The molecule has 0 aliphatic carbocycles. The van der Waals surface area contributed by atoms with E-state index in [1.165, 1.54) is 0 Å². The molecule has 2 rings (SSSR count). The zero-order valence-corrected chi connectivity index (χ0v) is 8.45. The number of aromatic nitrogens is 1. The number of rotatable bonds is 1. The molecule has 3 nitrogen and oxygen atoms in total. The monoisotopic (exact) mass is 243 g/mol. The molecule has 0 atom stereocenters. The number of fused-ring (bicyclic) bond motifs is 1. The van der Waals surface area contributed by atoms with Crippen molar-refractivity contribution in [3.63, 3.8) is 0 Å². The van der Waals surface area contributed by atoms with Crippen LogP contribution >= 0.6 is 27.3 Å². The van der Waals surface area contributed by atoms with Crippen LogP contribution in [0.1, 0.15) is 0 Å². The molecule has 62 valence electrons. The molecule has 2 aromatic rings. The topological polar surface area (TPSA) is 50.9 Å².